The number of fused-ring (bicyclic) bond motifs is 1. The summed E-state index contributed by atoms with van der Waals surface area (Å²) in [6, 6.07) is 8.87. The molecule has 1 aliphatic carbocycles. The van der Waals surface area contributed by atoms with Crippen LogP contribution in [0.5, 0.6) is 5.75 Å². The highest BCUT2D eigenvalue weighted by molar-refractivity contribution is 7.92. The summed E-state index contributed by atoms with van der Waals surface area (Å²) in [5.41, 5.74) is 1.93. The third-order valence-corrected chi connectivity index (χ3v) is 7.46. The van der Waals surface area contributed by atoms with E-state index in [2.05, 4.69) is 0 Å². The molecule has 2 aromatic carbocycles. The second kappa shape index (κ2) is 7.91. The van der Waals surface area contributed by atoms with Crippen molar-refractivity contribution in [3.8, 4) is 5.75 Å². The van der Waals surface area contributed by atoms with Crippen molar-refractivity contribution in [2.45, 2.75) is 30.8 Å². The predicted octanol–water partition coefficient (Wildman–Crippen LogP) is 5.98. The fraction of sp³-hybridized carbons (Fsp3) is 0.273. The van der Waals surface area contributed by atoms with E-state index in [-0.39, 0.29) is 18.8 Å². The molecule has 0 unspecified atom stereocenters. The third kappa shape index (κ3) is 4.19. The SMILES string of the molecule is CC1=CC(c2ccc3c(c2)N(S(=O)(=O)c2cccc(C(F)(F)F)c2)CCO3)=C(Cl)CC1. The van der Waals surface area contributed by atoms with E-state index in [4.69, 9.17) is 16.3 Å². The van der Waals surface area contributed by atoms with Gasteiger partial charge in [0.25, 0.3) is 10.0 Å². The normalized spacial score (nSPS) is 17.2. The first kappa shape index (κ1) is 21.8. The number of anilines is 1. The molecule has 0 fully saturated rings. The molecule has 0 saturated heterocycles. The minimum atomic E-state index is -4.64. The number of rotatable bonds is 3. The average molecular weight is 470 g/mol. The van der Waals surface area contributed by atoms with E-state index in [9.17, 15) is 21.6 Å². The van der Waals surface area contributed by atoms with Crippen LogP contribution in [0.1, 0.15) is 30.9 Å². The summed E-state index contributed by atoms with van der Waals surface area (Å²) in [7, 11) is -4.24. The molecule has 0 bridgehead atoms. The maximum absolute atomic E-state index is 13.3. The molecule has 164 valence electrons. The van der Waals surface area contributed by atoms with E-state index >= 15 is 0 Å². The predicted molar refractivity (Wildman–Crippen MR) is 114 cm³/mol. The Balaban J connectivity index is 1.79. The number of sulfonamides is 1. The highest BCUT2D eigenvalue weighted by Crippen LogP contribution is 2.41. The standard InChI is InChI=1S/C22H19ClF3NO3S/c1-14-5-7-19(23)18(11-14)15-6-8-21-20(12-15)27(9-10-30-21)31(28,29)17-4-2-3-16(13-17)22(24,25)26/h2-4,6,8,11-13H,5,7,9-10H2,1H3. The van der Waals surface area contributed by atoms with Gasteiger partial charge in [0.15, 0.2) is 0 Å². The summed E-state index contributed by atoms with van der Waals surface area (Å²) >= 11 is 6.41. The van der Waals surface area contributed by atoms with Crippen LogP contribution in [0.2, 0.25) is 0 Å². The summed E-state index contributed by atoms with van der Waals surface area (Å²) in [4.78, 5) is -0.425. The van der Waals surface area contributed by atoms with E-state index in [1.807, 2.05) is 13.0 Å². The first-order valence-corrected chi connectivity index (χ1v) is 11.4. The lowest BCUT2D eigenvalue weighted by atomic mass is 9.94. The Morgan fingerprint density at radius 1 is 1.10 bits per heavy atom. The van der Waals surface area contributed by atoms with Crippen molar-refractivity contribution in [2.75, 3.05) is 17.5 Å². The van der Waals surface area contributed by atoms with Crippen molar-refractivity contribution in [2.24, 2.45) is 0 Å². The number of nitrogens with zero attached hydrogens (tertiary/aromatic N) is 1. The summed E-state index contributed by atoms with van der Waals surface area (Å²) < 4.78 is 72.6. The Morgan fingerprint density at radius 2 is 1.87 bits per heavy atom. The number of ether oxygens (including phenoxy) is 1. The maximum Gasteiger partial charge on any atom is 0.416 e. The van der Waals surface area contributed by atoms with Gasteiger partial charge in [-0.05, 0) is 61.2 Å². The first-order valence-electron chi connectivity index (χ1n) is 9.60. The Hall–Kier alpha value is -2.45. The van der Waals surface area contributed by atoms with E-state index in [0.29, 0.717) is 23.3 Å². The van der Waals surface area contributed by atoms with Gasteiger partial charge >= 0.3 is 6.18 Å². The molecule has 0 atom stereocenters. The van der Waals surface area contributed by atoms with Gasteiger partial charge in [-0.25, -0.2) is 8.42 Å². The Bertz CT molecular complexity index is 1200. The van der Waals surface area contributed by atoms with Gasteiger partial charge in [0, 0.05) is 5.03 Å². The molecule has 0 saturated carbocycles. The van der Waals surface area contributed by atoms with Crippen LogP contribution in [0.15, 0.2) is 64.0 Å². The van der Waals surface area contributed by atoms with E-state index in [1.165, 1.54) is 0 Å². The van der Waals surface area contributed by atoms with Gasteiger partial charge in [-0.3, -0.25) is 4.31 Å². The molecule has 0 spiro atoms. The highest BCUT2D eigenvalue weighted by atomic mass is 35.5. The summed E-state index contributed by atoms with van der Waals surface area (Å²) in [6.45, 7) is 2.07. The van der Waals surface area contributed by atoms with Crippen molar-refractivity contribution in [1.82, 2.24) is 0 Å². The number of benzene rings is 2. The van der Waals surface area contributed by atoms with Gasteiger partial charge < -0.3 is 4.74 Å². The molecule has 31 heavy (non-hydrogen) atoms. The Kier molecular flexibility index (Phi) is 5.55. The zero-order valence-electron chi connectivity index (χ0n) is 16.5. The summed E-state index contributed by atoms with van der Waals surface area (Å²) in [6.07, 6.45) is -1.13. The molecule has 2 aromatic rings. The van der Waals surface area contributed by atoms with Gasteiger partial charge in [-0.15, -0.1) is 0 Å². The third-order valence-electron chi connectivity index (χ3n) is 5.26. The number of halogens is 4. The lowest BCUT2D eigenvalue weighted by Gasteiger charge is -2.31. The largest absolute Gasteiger partial charge is 0.489 e. The van der Waals surface area contributed by atoms with Gasteiger partial charge in [0.2, 0.25) is 0 Å². The fourth-order valence-electron chi connectivity index (χ4n) is 3.65. The zero-order chi connectivity index (χ0) is 22.4. The Morgan fingerprint density at radius 3 is 2.61 bits per heavy atom. The minimum Gasteiger partial charge on any atom is -0.489 e. The van der Waals surface area contributed by atoms with E-state index < -0.39 is 26.7 Å². The molecule has 4 nitrogen and oxygen atoms in total. The number of hydrogen-bond donors (Lipinski definition) is 0. The number of hydrogen-bond acceptors (Lipinski definition) is 3. The molecule has 0 radical (unpaired) electrons. The van der Waals surface area contributed by atoms with Crippen LogP contribution in [-0.4, -0.2) is 21.6 Å². The van der Waals surface area contributed by atoms with Gasteiger partial charge in [-0.2, -0.15) is 13.2 Å². The molecule has 9 heteroatoms. The average Bonchev–Trinajstić information content (AvgIpc) is 2.74. The van der Waals surface area contributed by atoms with Crippen LogP contribution < -0.4 is 9.04 Å². The molecule has 2 aliphatic rings. The minimum absolute atomic E-state index is 0.0172. The smallest absolute Gasteiger partial charge is 0.416 e. The van der Waals surface area contributed by atoms with Gasteiger partial charge in [-0.1, -0.05) is 35.4 Å². The van der Waals surface area contributed by atoms with Crippen LogP contribution >= 0.6 is 11.6 Å². The maximum atomic E-state index is 13.3. The first-order chi connectivity index (χ1) is 14.6. The fourth-order valence-corrected chi connectivity index (χ4v) is 5.40. The highest BCUT2D eigenvalue weighted by Gasteiger charge is 2.35. The quantitative estimate of drug-likeness (QED) is 0.555. The zero-order valence-corrected chi connectivity index (χ0v) is 18.1. The van der Waals surface area contributed by atoms with Crippen molar-refractivity contribution >= 4 is 32.9 Å². The molecule has 0 amide bonds. The lowest BCUT2D eigenvalue weighted by molar-refractivity contribution is -0.137. The van der Waals surface area contributed by atoms with Crippen LogP contribution in [0.4, 0.5) is 18.9 Å². The second-order valence-electron chi connectivity index (χ2n) is 7.44. The van der Waals surface area contributed by atoms with Crippen LogP contribution in [-0.2, 0) is 16.2 Å². The molecule has 1 aliphatic heterocycles. The van der Waals surface area contributed by atoms with Crippen molar-refractivity contribution < 1.29 is 26.3 Å². The summed E-state index contributed by atoms with van der Waals surface area (Å²) in [5, 5.41) is 0.676. The number of allylic oxidation sites excluding steroid dienone is 4. The van der Waals surface area contributed by atoms with Crippen LogP contribution in [0, 0.1) is 0 Å². The van der Waals surface area contributed by atoms with Crippen molar-refractivity contribution in [3.05, 3.63) is 70.3 Å². The van der Waals surface area contributed by atoms with Gasteiger partial charge in [0.1, 0.15) is 12.4 Å². The van der Waals surface area contributed by atoms with E-state index in [0.717, 1.165) is 45.6 Å². The summed E-state index contributed by atoms with van der Waals surface area (Å²) in [5.74, 6) is 0.346. The number of alkyl halides is 3. The molecule has 0 aromatic heterocycles. The van der Waals surface area contributed by atoms with Crippen LogP contribution in [0.3, 0.4) is 0 Å². The molecule has 0 N–H and O–H groups in total. The van der Waals surface area contributed by atoms with Crippen molar-refractivity contribution in [3.63, 3.8) is 0 Å². The van der Waals surface area contributed by atoms with Gasteiger partial charge in [0.05, 0.1) is 22.7 Å². The topological polar surface area (TPSA) is 46.6 Å². The lowest BCUT2D eigenvalue weighted by Crippen LogP contribution is -2.38. The van der Waals surface area contributed by atoms with Crippen molar-refractivity contribution in [1.29, 1.82) is 0 Å². The van der Waals surface area contributed by atoms with E-state index in [1.54, 1.807) is 18.2 Å². The Labute approximate surface area is 183 Å². The molecule has 1 heterocycles. The monoisotopic (exact) mass is 469 g/mol. The molecular weight excluding hydrogens is 451 g/mol. The molecular formula is C22H19ClF3NO3S. The van der Waals surface area contributed by atoms with Crippen LogP contribution in [0.25, 0.3) is 5.57 Å². The second-order valence-corrected chi connectivity index (χ2v) is 9.76. The molecule has 4 rings (SSSR count).